The molecule has 2 saturated heterocycles. The normalized spacial score (nSPS) is 23.0. The monoisotopic (exact) mass is 630 g/mol. The SMILES string of the molecule is Brc1cn(C2CCCOC2)nc1Br.Cc1c(Br)c(Br)nn1C1CCCOC1. The van der Waals surface area contributed by atoms with Crippen molar-refractivity contribution in [2.75, 3.05) is 26.4 Å². The molecule has 2 unspecified atom stereocenters. The lowest BCUT2D eigenvalue weighted by Gasteiger charge is -2.23. The molecule has 0 radical (unpaired) electrons. The van der Waals surface area contributed by atoms with Gasteiger partial charge in [-0.25, -0.2) is 0 Å². The van der Waals surface area contributed by atoms with E-state index >= 15 is 0 Å². The van der Waals surface area contributed by atoms with Crippen molar-refractivity contribution in [1.29, 1.82) is 0 Å². The first kappa shape index (κ1) is 22.0. The summed E-state index contributed by atoms with van der Waals surface area (Å²) in [5, 5.41) is 8.78. The highest BCUT2D eigenvalue weighted by Crippen LogP contribution is 2.30. The summed E-state index contributed by atoms with van der Waals surface area (Å²) >= 11 is 13.7. The fourth-order valence-electron chi connectivity index (χ4n) is 3.20. The van der Waals surface area contributed by atoms with E-state index in [0.717, 1.165) is 76.0 Å². The number of rotatable bonds is 2. The molecule has 4 heterocycles. The van der Waals surface area contributed by atoms with Gasteiger partial charge in [0, 0.05) is 19.4 Å². The number of hydrogen-bond acceptors (Lipinski definition) is 4. The van der Waals surface area contributed by atoms with Crippen LogP contribution in [0.4, 0.5) is 0 Å². The highest BCUT2D eigenvalue weighted by atomic mass is 79.9. The highest BCUT2D eigenvalue weighted by Gasteiger charge is 2.21. The Balaban J connectivity index is 0.000000156. The van der Waals surface area contributed by atoms with E-state index in [4.69, 9.17) is 9.47 Å². The molecule has 2 aromatic rings. The van der Waals surface area contributed by atoms with Crippen molar-refractivity contribution in [1.82, 2.24) is 19.6 Å². The zero-order valence-electron chi connectivity index (χ0n) is 15.0. The second-order valence-corrected chi connectivity index (χ2v) is 9.77. The van der Waals surface area contributed by atoms with Gasteiger partial charge in [-0.2, -0.15) is 10.2 Å². The Labute approximate surface area is 192 Å². The smallest absolute Gasteiger partial charge is 0.142 e. The first-order valence-electron chi connectivity index (χ1n) is 8.93. The minimum atomic E-state index is 0.395. The number of ether oxygens (including phenoxy) is 2. The predicted octanol–water partition coefficient (Wildman–Crippen LogP) is 5.83. The van der Waals surface area contributed by atoms with E-state index in [1.807, 2.05) is 15.6 Å². The Hall–Kier alpha value is 0.260. The van der Waals surface area contributed by atoms with Gasteiger partial charge in [0.1, 0.15) is 9.21 Å². The number of nitrogens with zero attached hydrogens (tertiary/aromatic N) is 4. The third-order valence-electron chi connectivity index (χ3n) is 4.68. The van der Waals surface area contributed by atoms with Crippen molar-refractivity contribution in [2.24, 2.45) is 0 Å². The van der Waals surface area contributed by atoms with Crippen LogP contribution in [0.15, 0.2) is 24.3 Å². The summed E-state index contributed by atoms with van der Waals surface area (Å²) in [6.07, 6.45) is 6.55. The standard InChI is InChI=1S/C9H12Br2N2O.C8H10Br2N2O/c1-6-8(10)9(11)12-13(6)7-3-2-4-14-5-7;9-7-4-12(11-8(7)10)6-2-1-3-13-5-6/h7H,2-5H2,1H3;4,6H,1-3,5H2. The van der Waals surface area contributed by atoms with Crippen molar-refractivity contribution in [3.05, 3.63) is 30.0 Å². The topological polar surface area (TPSA) is 54.1 Å². The molecule has 0 aliphatic carbocycles. The molecule has 150 valence electrons. The molecule has 0 amide bonds. The van der Waals surface area contributed by atoms with E-state index in [2.05, 4.69) is 80.8 Å². The maximum atomic E-state index is 5.45. The van der Waals surface area contributed by atoms with Crippen LogP contribution in [0.5, 0.6) is 0 Å². The van der Waals surface area contributed by atoms with Crippen LogP contribution in [0, 0.1) is 6.92 Å². The minimum Gasteiger partial charge on any atom is -0.379 e. The molecule has 4 rings (SSSR count). The number of halogens is 4. The van der Waals surface area contributed by atoms with Crippen LogP contribution in [0.2, 0.25) is 0 Å². The van der Waals surface area contributed by atoms with Gasteiger partial charge in [0.05, 0.1) is 39.9 Å². The molecule has 2 aliphatic rings. The summed E-state index contributed by atoms with van der Waals surface area (Å²) in [7, 11) is 0. The van der Waals surface area contributed by atoms with Crippen LogP contribution in [0.3, 0.4) is 0 Å². The second-order valence-electron chi connectivity index (χ2n) is 6.62. The van der Waals surface area contributed by atoms with E-state index in [0.29, 0.717) is 12.1 Å². The molecule has 10 heteroatoms. The molecule has 6 nitrogen and oxygen atoms in total. The molecular formula is C17H22Br4N4O2. The largest absolute Gasteiger partial charge is 0.379 e. The van der Waals surface area contributed by atoms with Gasteiger partial charge in [-0.15, -0.1) is 0 Å². The van der Waals surface area contributed by atoms with E-state index in [1.54, 1.807) is 0 Å². The van der Waals surface area contributed by atoms with Crippen LogP contribution in [-0.4, -0.2) is 46.0 Å². The third-order valence-corrected chi connectivity index (χ3v) is 8.41. The minimum absolute atomic E-state index is 0.395. The molecule has 27 heavy (non-hydrogen) atoms. The van der Waals surface area contributed by atoms with Gasteiger partial charge >= 0.3 is 0 Å². The first-order chi connectivity index (χ1) is 13.0. The van der Waals surface area contributed by atoms with Crippen LogP contribution in [-0.2, 0) is 9.47 Å². The van der Waals surface area contributed by atoms with Gasteiger partial charge in [0.25, 0.3) is 0 Å². The third kappa shape index (κ3) is 5.66. The van der Waals surface area contributed by atoms with Gasteiger partial charge in [-0.3, -0.25) is 9.36 Å². The lowest BCUT2D eigenvalue weighted by molar-refractivity contribution is 0.0541. The van der Waals surface area contributed by atoms with Gasteiger partial charge in [-0.05, 0) is 96.3 Å². The Morgan fingerprint density at radius 1 is 0.926 bits per heavy atom. The first-order valence-corrected chi connectivity index (χ1v) is 12.1. The van der Waals surface area contributed by atoms with E-state index in [-0.39, 0.29) is 0 Å². The Morgan fingerprint density at radius 2 is 1.56 bits per heavy atom. The summed E-state index contributed by atoms with van der Waals surface area (Å²) in [5.74, 6) is 0. The molecule has 0 bridgehead atoms. The highest BCUT2D eigenvalue weighted by molar-refractivity contribution is 9.13. The molecule has 0 aromatic carbocycles. The van der Waals surface area contributed by atoms with E-state index in [9.17, 15) is 0 Å². The Morgan fingerprint density at radius 3 is 2.00 bits per heavy atom. The van der Waals surface area contributed by atoms with Crippen molar-refractivity contribution in [3.63, 3.8) is 0 Å². The van der Waals surface area contributed by atoms with E-state index in [1.165, 1.54) is 0 Å². The summed E-state index contributed by atoms with van der Waals surface area (Å²) in [4.78, 5) is 0. The van der Waals surface area contributed by atoms with Gasteiger partial charge in [0.15, 0.2) is 0 Å². The molecule has 2 aliphatic heterocycles. The van der Waals surface area contributed by atoms with Crippen molar-refractivity contribution >= 4 is 63.7 Å². The van der Waals surface area contributed by atoms with Crippen molar-refractivity contribution in [2.45, 2.75) is 44.7 Å². The molecule has 2 atom stereocenters. The fourth-order valence-corrected chi connectivity index (χ4v) is 4.50. The van der Waals surface area contributed by atoms with Gasteiger partial charge in [0.2, 0.25) is 0 Å². The second kappa shape index (κ2) is 10.3. The molecule has 2 fully saturated rings. The summed E-state index contributed by atoms with van der Waals surface area (Å²) in [5.41, 5.74) is 1.16. The Bertz CT molecular complexity index is 733. The zero-order chi connectivity index (χ0) is 19.4. The lowest BCUT2D eigenvalue weighted by atomic mass is 10.1. The maximum Gasteiger partial charge on any atom is 0.142 e. The fraction of sp³-hybridized carbons (Fsp3) is 0.647. The summed E-state index contributed by atoms with van der Waals surface area (Å²) < 4.78 is 18.6. The predicted molar refractivity (Wildman–Crippen MR) is 118 cm³/mol. The van der Waals surface area contributed by atoms with Crippen LogP contribution >= 0.6 is 63.7 Å². The molecule has 0 N–H and O–H groups in total. The average Bonchev–Trinajstić information content (AvgIpc) is 3.17. The van der Waals surface area contributed by atoms with E-state index < -0.39 is 0 Å². The Kier molecular flexibility index (Phi) is 8.41. The molecule has 2 aromatic heterocycles. The number of hydrogen-bond donors (Lipinski definition) is 0. The average molecular weight is 634 g/mol. The summed E-state index contributed by atoms with van der Waals surface area (Å²) in [6.45, 7) is 5.40. The molecular weight excluding hydrogens is 612 g/mol. The number of aromatic nitrogens is 4. The maximum absolute atomic E-state index is 5.45. The van der Waals surface area contributed by atoms with Crippen LogP contribution in [0.1, 0.15) is 43.5 Å². The zero-order valence-corrected chi connectivity index (χ0v) is 21.4. The molecule has 0 saturated carbocycles. The van der Waals surface area contributed by atoms with Crippen molar-refractivity contribution in [3.8, 4) is 0 Å². The van der Waals surface area contributed by atoms with Crippen molar-refractivity contribution < 1.29 is 9.47 Å². The van der Waals surface area contributed by atoms with Gasteiger partial charge in [-0.1, -0.05) is 0 Å². The quantitative estimate of drug-likeness (QED) is 0.418. The lowest BCUT2D eigenvalue weighted by Crippen LogP contribution is -2.22. The van der Waals surface area contributed by atoms with Gasteiger partial charge < -0.3 is 9.47 Å². The van der Waals surface area contributed by atoms with Crippen LogP contribution < -0.4 is 0 Å². The van der Waals surface area contributed by atoms with Crippen LogP contribution in [0.25, 0.3) is 0 Å². The summed E-state index contributed by atoms with van der Waals surface area (Å²) in [6, 6.07) is 0.794. The molecule has 0 spiro atoms.